The largest absolute Gasteiger partial charge is 0.382 e. The second-order valence-corrected chi connectivity index (χ2v) is 6.37. The molecule has 1 atom stereocenters. The molecular formula is C16H17FN4S. The minimum Gasteiger partial charge on any atom is -0.382 e. The molecule has 0 aliphatic heterocycles. The molecule has 2 aromatic rings. The van der Waals surface area contributed by atoms with E-state index in [1.807, 2.05) is 0 Å². The van der Waals surface area contributed by atoms with E-state index in [0.29, 0.717) is 22.5 Å². The lowest BCUT2D eigenvalue weighted by Gasteiger charge is -2.11. The van der Waals surface area contributed by atoms with E-state index < -0.39 is 0 Å². The molecule has 0 saturated heterocycles. The summed E-state index contributed by atoms with van der Waals surface area (Å²) in [5.74, 6) is -0.0973. The fraction of sp³-hybridized carbons (Fsp3) is 0.312. The minimum atomic E-state index is -0.292. The highest BCUT2D eigenvalue weighted by molar-refractivity contribution is 7.99. The van der Waals surface area contributed by atoms with Gasteiger partial charge in [0.15, 0.2) is 5.16 Å². The number of nitrogen functional groups attached to an aromatic ring is 1. The standard InChI is InChI=1S/C16H17FN4S/c1-3-10(2)22-16-20-14(13(9-18)15(19)21-16)8-11-4-6-12(17)7-5-11/h4-7,10H,3,8H2,1-2H3,(H2,19,20,21)/t10-/m0/s1. The van der Waals surface area contributed by atoms with Crippen molar-refractivity contribution in [3.63, 3.8) is 0 Å². The fourth-order valence-electron chi connectivity index (χ4n) is 1.86. The van der Waals surface area contributed by atoms with Crippen molar-refractivity contribution >= 4 is 17.6 Å². The second kappa shape index (κ2) is 7.23. The molecule has 0 unspecified atom stereocenters. The van der Waals surface area contributed by atoms with Crippen molar-refractivity contribution in [1.29, 1.82) is 5.26 Å². The van der Waals surface area contributed by atoms with E-state index in [1.165, 1.54) is 23.9 Å². The molecule has 6 heteroatoms. The highest BCUT2D eigenvalue weighted by Gasteiger charge is 2.14. The van der Waals surface area contributed by atoms with Crippen molar-refractivity contribution in [1.82, 2.24) is 9.97 Å². The quantitative estimate of drug-likeness (QED) is 0.674. The average molecular weight is 316 g/mol. The van der Waals surface area contributed by atoms with Gasteiger partial charge in [0.2, 0.25) is 0 Å². The van der Waals surface area contributed by atoms with Crippen molar-refractivity contribution in [3.05, 3.63) is 46.9 Å². The molecule has 1 aromatic carbocycles. The minimum absolute atomic E-state index is 0.195. The molecule has 0 aliphatic carbocycles. The van der Waals surface area contributed by atoms with Crippen LogP contribution in [0.5, 0.6) is 0 Å². The molecule has 0 bridgehead atoms. The van der Waals surface area contributed by atoms with Crippen LogP contribution in [0, 0.1) is 17.1 Å². The third-order valence-electron chi connectivity index (χ3n) is 3.27. The Balaban J connectivity index is 2.35. The lowest BCUT2D eigenvalue weighted by atomic mass is 10.1. The van der Waals surface area contributed by atoms with Gasteiger partial charge in [0.25, 0.3) is 0 Å². The maximum absolute atomic E-state index is 13.0. The van der Waals surface area contributed by atoms with Crippen LogP contribution in [0.1, 0.15) is 37.1 Å². The Morgan fingerprint density at radius 1 is 1.32 bits per heavy atom. The van der Waals surface area contributed by atoms with E-state index in [2.05, 4.69) is 29.9 Å². The van der Waals surface area contributed by atoms with Gasteiger partial charge in [-0.3, -0.25) is 0 Å². The molecule has 2 N–H and O–H groups in total. The van der Waals surface area contributed by atoms with E-state index in [4.69, 9.17) is 5.73 Å². The van der Waals surface area contributed by atoms with Gasteiger partial charge in [-0.25, -0.2) is 14.4 Å². The number of anilines is 1. The number of aromatic nitrogens is 2. The molecule has 1 heterocycles. The molecular weight excluding hydrogens is 299 g/mol. The Morgan fingerprint density at radius 2 is 2.00 bits per heavy atom. The van der Waals surface area contributed by atoms with Gasteiger partial charge < -0.3 is 5.73 Å². The first-order chi connectivity index (χ1) is 10.5. The van der Waals surface area contributed by atoms with Gasteiger partial charge in [0, 0.05) is 11.7 Å². The average Bonchev–Trinajstić information content (AvgIpc) is 2.49. The molecule has 0 aliphatic rings. The molecule has 0 fully saturated rings. The third kappa shape index (κ3) is 3.95. The van der Waals surface area contributed by atoms with Crippen molar-refractivity contribution < 1.29 is 4.39 Å². The molecule has 0 radical (unpaired) electrons. The van der Waals surface area contributed by atoms with Gasteiger partial charge in [-0.05, 0) is 24.1 Å². The van der Waals surface area contributed by atoms with Crippen molar-refractivity contribution in [2.24, 2.45) is 0 Å². The van der Waals surface area contributed by atoms with Crippen LogP contribution in [0.15, 0.2) is 29.4 Å². The predicted octanol–water partition coefficient (Wildman–Crippen LogP) is 3.55. The Bertz CT molecular complexity index is 695. The number of nitriles is 1. The van der Waals surface area contributed by atoms with Crippen LogP contribution >= 0.6 is 11.8 Å². The summed E-state index contributed by atoms with van der Waals surface area (Å²) in [6, 6.07) is 8.19. The van der Waals surface area contributed by atoms with Crippen LogP contribution in [0.3, 0.4) is 0 Å². The summed E-state index contributed by atoms with van der Waals surface area (Å²) in [5, 5.41) is 10.2. The van der Waals surface area contributed by atoms with Gasteiger partial charge in [-0.15, -0.1) is 0 Å². The predicted molar refractivity (Wildman–Crippen MR) is 86.0 cm³/mol. The highest BCUT2D eigenvalue weighted by atomic mass is 32.2. The van der Waals surface area contributed by atoms with Crippen LogP contribution in [-0.2, 0) is 6.42 Å². The Kier molecular flexibility index (Phi) is 5.34. The van der Waals surface area contributed by atoms with Crippen LogP contribution in [0.25, 0.3) is 0 Å². The zero-order valence-electron chi connectivity index (χ0n) is 12.5. The van der Waals surface area contributed by atoms with Crippen LogP contribution in [-0.4, -0.2) is 15.2 Å². The van der Waals surface area contributed by atoms with E-state index in [0.717, 1.165) is 12.0 Å². The maximum atomic E-state index is 13.0. The maximum Gasteiger partial charge on any atom is 0.190 e. The number of nitrogens with zero attached hydrogens (tertiary/aromatic N) is 3. The number of hydrogen-bond donors (Lipinski definition) is 1. The number of rotatable bonds is 5. The first-order valence-corrected chi connectivity index (χ1v) is 7.89. The van der Waals surface area contributed by atoms with Gasteiger partial charge in [0.05, 0.1) is 5.69 Å². The zero-order valence-corrected chi connectivity index (χ0v) is 13.3. The molecule has 114 valence electrons. The number of hydrogen-bond acceptors (Lipinski definition) is 5. The first-order valence-electron chi connectivity index (χ1n) is 7.01. The lowest BCUT2D eigenvalue weighted by molar-refractivity contribution is 0.627. The lowest BCUT2D eigenvalue weighted by Crippen LogP contribution is -2.07. The van der Waals surface area contributed by atoms with Gasteiger partial charge >= 0.3 is 0 Å². The summed E-state index contributed by atoms with van der Waals surface area (Å²) in [6.07, 6.45) is 1.41. The van der Waals surface area contributed by atoms with Crippen molar-refractivity contribution in [2.45, 2.75) is 37.1 Å². The first kappa shape index (κ1) is 16.2. The molecule has 0 spiro atoms. The fourth-order valence-corrected chi connectivity index (χ4v) is 2.70. The summed E-state index contributed by atoms with van der Waals surface area (Å²) >= 11 is 1.53. The monoisotopic (exact) mass is 316 g/mol. The summed E-state index contributed by atoms with van der Waals surface area (Å²) in [7, 11) is 0. The van der Waals surface area contributed by atoms with Crippen LogP contribution < -0.4 is 5.73 Å². The number of nitrogens with two attached hydrogens (primary N) is 1. The Hall–Kier alpha value is -2.13. The second-order valence-electron chi connectivity index (χ2n) is 4.96. The Morgan fingerprint density at radius 3 is 2.59 bits per heavy atom. The number of thioether (sulfide) groups is 1. The topological polar surface area (TPSA) is 75.6 Å². The van der Waals surface area contributed by atoms with Gasteiger partial charge in [0.1, 0.15) is 23.3 Å². The molecule has 0 saturated carbocycles. The molecule has 2 rings (SSSR count). The Labute approximate surface area is 133 Å². The zero-order chi connectivity index (χ0) is 16.1. The van der Waals surface area contributed by atoms with Crippen molar-refractivity contribution in [2.75, 3.05) is 5.73 Å². The van der Waals surface area contributed by atoms with E-state index in [-0.39, 0.29) is 17.2 Å². The highest BCUT2D eigenvalue weighted by Crippen LogP contribution is 2.25. The molecule has 1 aromatic heterocycles. The normalized spacial score (nSPS) is 11.9. The van der Waals surface area contributed by atoms with E-state index in [1.54, 1.807) is 12.1 Å². The van der Waals surface area contributed by atoms with Crippen molar-refractivity contribution in [3.8, 4) is 6.07 Å². The summed E-state index contributed by atoms with van der Waals surface area (Å²) in [4.78, 5) is 8.66. The smallest absolute Gasteiger partial charge is 0.190 e. The molecule has 4 nitrogen and oxygen atoms in total. The molecule has 0 amide bonds. The van der Waals surface area contributed by atoms with Gasteiger partial charge in [-0.1, -0.05) is 37.7 Å². The SMILES string of the molecule is CC[C@H](C)Sc1nc(N)c(C#N)c(Cc2ccc(F)cc2)n1. The van der Waals surface area contributed by atoms with Crippen LogP contribution in [0.4, 0.5) is 10.2 Å². The third-order valence-corrected chi connectivity index (χ3v) is 4.40. The summed E-state index contributed by atoms with van der Waals surface area (Å²) < 4.78 is 13.0. The number of benzene rings is 1. The number of halogens is 1. The van der Waals surface area contributed by atoms with E-state index >= 15 is 0 Å². The van der Waals surface area contributed by atoms with E-state index in [9.17, 15) is 9.65 Å². The summed E-state index contributed by atoms with van der Waals surface area (Å²) in [5.41, 5.74) is 7.62. The van der Waals surface area contributed by atoms with Crippen LogP contribution in [0.2, 0.25) is 0 Å². The molecule has 22 heavy (non-hydrogen) atoms. The van der Waals surface area contributed by atoms with Gasteiger partial charge in [-0.2, -0.15) is 5.26 Å². The summed E-state index contributed by atoms with van der Waals surface area (Å²) in [6.45, 7) is 4.17.